The number of nitrogens with two attached hydrogens (primary N) is 2. The molecule has 10 N–H and O–H groups in total. The molecule has 4 atom stereocenters. The van der Waals surface area contributed by atoms with Crippen LogP contribution in [0.3, 0.4) is 0 Å². The Morgan fingerprint density at radius 1 is 0.613 bits per heavy atom. The van der Waals surface area contributed by atoms with Crippen LogP contribution in [0.5, 0.6) is 0 Å². The normalized spacial score (nSPS) is 12.9. The lowest BCUT2D eigenvalue weighted by molar-refractivity contribution is -0.144. The molecule has 0 aliphatic heterocycles. The fraction of sp³-hybridized carbons (Fsp3) is 0.400. The largest absolute Gasteiger partial charge is 0.370 e. The van der Waals surface area contributed by atoms with Crippen LogP contribution in [0.1, 0.15) is 74.4 Å². The monoisotopic (exact) mass is 906 g/mol. The number of primary amides is 2. The Bertz CT molecular complexity index is 2010. The number of carbonyl (C=O) groups is 8. The molecule has 0 unspecified atom stereocenters. The minimum Gasteiger partial charge on any atom is -0.370 e. The van der Waals surface area contributed by atoms with E-state index in [0.29, 0.717) is 10.0 Å². The fourth-order valence-electron chi connectivity index (χ4n) is 5.81. The molecule has 2 aromatic carbocycles. The van der Waals surface area contributed by atoms with E-state index in [1.165, 1.54) is 0 Å². The summed E-state index contributed by atoms with van der Waals surface area (Å²) in [4.78, 5) is 103. The minimum atomic E-state index is -2.42. The average molecular weight is 908 g/mol. The van der Waals surface area contributed by atoms with E-state index in [0.717, 1.165) is 21.8 Å². The molecule has 0 saturated carbocycles. The molecule has 2 heterocycles. The van der Waals surface area contributed by atoms with Crippen molar-refractivity contribution in [2.24, 2.45) is 23.3 Å². The number of aromatic amines is 2. The van der Waals surface area contributed by atoms with Crippen LogP contribution in [0.25, 0.3) is 21.8 Å². The Hall–Kier alpha value is -6.28. The van der Waals surface area contributed by atoms with Crippen LogP contribution in [0, 0.1) is 11.8 Å². The number of nitrogens with one attached hydrogen (secondary N) is 6. The number of fused-ring (bicyclic) bond motifs is 2. The zero-order chi connectivity index (χ0) is 46.3. The predicted octanol–water partition coefficient (Wildman–Crippen LogP) is 3.16. The first-order valence-electron chi connectivity index (χ1n) is 19.3. The van der Waals surface area contributed by atoms with Crippen molar-refractivity contribution in [1.82, 2.24) is 41.5 Å². The van der Waals surface area contributed by atoms with Crippen LogP contribution in [-0.2, 0) is 28.8 Å². The van der Waals surface area contributed by atoms with Crippen LogP contribution in [0.15, 0.2) is 60.7 Å². The highest BCUT2D eigenvalue weighted by Gasteiger charge is 2.31. The number of hydrogen-bond acceptors (Lipinski definition) is 8. The third kappa shape index (κ3) is 15.6. The number of carbonyl (C=O) groups excluding carboxylic acids is 8. The van der Waals surface area contributed by atoms with Gasteiger partial charge >= 0.3 is 0 Å². The van der Waals surface area contributed by atoms with Crippen molar-refractivity contribution in [3.8, 4) is 0 Å². The van der Waals surface area contributed by atoms with E-state index in [2.05, 4.69) is 31.5 Å². The number of H-pyrrole nitrogens is 2. The standard InChI is InChI=1S/2C20H25ClFN5O4/c2*1-11(2)9-14(19(30)26-27(8-7-16(23)28)20(31)17(21)22)25-18(29)15-10-12-5-3-4-6-13(12)24-15/h2*3-6,10-11,14,17,24H,7-9H2,1-2H3,(H2,23,28)(H,25,29)(H,26,30)/t14-,17+;14-,17-/m00/s1. The topological polar surface area (TPSA) is 275 Å². The summed E-state index contributed by atoms with van der Waals surface area (Å²) in [5.74, 6) is -6.53. The molecule has 8 amide bonds. The van der Waals surface area contributed by atoms with Crippen molar-refractivity contribution in [1.29, 1.82) is 0 Å². The summed E-state index contributed by atoms with van der Waals surface area (Å²) in [6.07, 6.45) is -0.136. The SMILES string of the molecule is CC(C)C[C@H](NC(=O)c1cc2ccccc2[nH]1)C(=O)NN(CCC(N)=O)C(=O)[C@@H](F)Cl.CC(C)C[C@H](NC(=O)c1cc2ccccc2[nH]1)C(=O)NN(CCC(N)=O)C(=O)[C@H](F)Cl. The highest BCUT2D eigenvalue weighted by Crippen LogP contribution is 2.17. The maximum absolute atomic E-state index is 13.3. The van der Waals surface area contributed by atoms with E-state index in [9.17, 15) is 47.1 Å². The summed E-state index contributed by atoms with van der Waals surface area (Å²) in [5.41, 5.74) is 11.8. The summed E-state index contributed by atoms with van der Waals surface area (Å²) < 4.78 is 26.6. The van der Waals surface area contributed by atoms with Gasteiger partial charge in [-0.3, -0.25) is 49.2 Å². The summed E-state index contributed by atoms with van der Waals surface area (Å²) in [6.45, 7) is 6.67. The summed E-state index contributed by atoms with van der Waals surface area (Å²) in [5, 5.41) is 8.09. The zero-order valence-electron chi connectivity index (χ0n) is 34.3. The van der Waals surface area contributed by atoms with E-state index < -0.39 is 70.6 Å². The molecule has 0 saturated heterocycles. The van der Waals surface area contributed by atoms with Gasteiger partial charge in [0, 0.05) is 34.6 Å². The minimum absolute atomic E-state index is 0.00971. The van der Waals surface area contributed by atoms with Gasteiger partial charge in [-0.2, -0.15) is 0 Å². The van der Waals surface area contributed by atoms with E-state index in [-0.39, 0.29) is 62.0 Å². The quantitative estimate of drug-likeness (QED) is 0.0541. The number of para-hydroxylation sites is 2. The first kappa shape index (κ1) is 50.1. The van der Waals surface area contributed by atoms with Crippen molar-refractivity contribution in [3.05, 3.63) is 72.1 Å². The van der Waals surface area contributed by atoms with Gasteiger partial charge in [0.25, 0.3) is 46.7 Å². The Labute approximate surface area is 365 Å². The van der Waals surface area contributed by atoms with Gasteiger partial charge in [-0.15, -0.1) is 0 Å². The molecule has 18 nitrogen and oxygen atoms in total. The maximum atomic E-state index is 13.3. The molecular formula is C40H50Cl2F2N10O8. The van der Waals surface area contributed by atoms with E-state index in [1.807, 2.05) is 76.2 Å². The predicted molar refractivity (Wildman–Crippen MR) is 227 cm³/mol. The molecule has 0 fully saturated rings. The second-order valence-electron chi connectivity index (χ2n) is 14.8. The summed E-state index contributed by atoms with van der Waals surface area (Å²) in [7, 11) is 0. The molecule has 4 aromatic rings. The number of halogens is 4. The first-order chi connectivity index (χ1) is 29.2. The van der Waals surface area contributed by atoms with E-state index >= 15 is 0 Å². The lowest BCUT2D eigenvalue weighted by atomic mass is 10.0. The Balaban J connectivity index is 0.000000330. The van der Waals surface area contributed by atoms with Crippen molar-refractivity contribution in [3.63, 3.8) is 0 Å². The molecule has 0 spiro atoms. The van der Waals surface area contributed by atoms with Crippen molar-refractivity contribution < 1.29 is 47.1 Å². The van der Waals surface area contributed by atoms with Gasteiger partial charge < -0.3 is 32.1 Å². The molecule has 0 aliphatic rings. The number of rotatable bonds is 18. The van der Waals surface area contributed by atoms with Gasteiger partial charge in [-0.1, -0.05) is 87.3 Å². The number of amides is 8. The van der Waals surface area contributed by atoms with E-state index in [1.54, 1.807) is 12.1 Å². The number of benzene rings is 2. The van der Waals surface area contributed by atoms with Crippen LogP contribution in [-0.4, -0.2) is 104 Å². The molecule has 22 heteroatoms. The zero-order valence-corrected chi connectivity index (χ0v) is 35.8. The third-order valence-electron chi connectivity index (χ3n) is 8.77. The molecule has 0 aliphatic carbocycles. The van der Waals surface area contributed by atoms with Gasteiger partial charge in [0.1, 0.15) is 23.5 Å². The second kappa shape index (κ2) is 23.6. The molecule has 336 valence electrons. The Morgan fingerprint density at radius 2 is 0.952 bits per heavy atom. The lowest BCUT2D eigenvalue weighted by Gasteiger charge is -2.27. The molecule has 2 aromatic heterocycles. The Kier molecular flexibility index (Phi) is 19.1. The maximum Gasteiger partial charge on any atom is 0.291 e. The average Bonchev–Trinajstić information content (AvgIpc) is 3.85. The van der Waals surface area contributed by atoms with E-state index in [4.69, 9.17) is 34.7 Å². The number of hydrogen-bond donors (Lipinski definition) is 8. The molecule has 0 bridgehead atoms. The molecular weight excluding hydrogens is 857 g/mol. The van der Waals surface area contributed by atoms with Gasteiger partial charge in [0.2, 0.25) is 11.8 Å². The van der Waals surface area contributed by atoms with Crippen LogP contribution < -0.4 is 33.0 Å². The van der Waals surface area contributed by atoms with Gasteiger partial charge in [0.15, 0.2) is 0 Å². The van der Waals surface area contributed by atoms with Crippen LogP contribution in [0.4, 0.5) is 8.78 Å². The highest BCUT2D eigenvalue weighted by molar-refractivity contribution is 6.29. The summed E-state index contributed by atoms with van der Waals surface area (Å²) in [6, 6.07) is 15.8. The number of aromatic nitrogens is 2. The fourth-order valence-corrected chi connectivity index (χ4v) is 6.05. The number of alkyl halides is 4. The van der Waals surface area contributed by atoms with Crippen LogP contribution >= 0.6 is 23.2 Å². The van der Waals surface area contributed by atoms with Crippen LogP contribution in [0.2, 0.25) is 0 Å². The molecule has 62 heavy (non-hydrogen) atoms. The van der Waals surface area contributed by atoms with Crippen molar-refractivity contribution in [2.75, 3.05) is 13.1 Å². The molecule has 4 rings (SSSR count). The van der Waals surface area contributed by atoms with Crippen molar-refractivity contribution >= 4 is 92.3 Å². The van der Waals surface area contributed by atoms with Gasteiger partial charge in [-0.25, -0.2) is 18.8 Å². The summed E-state index contributed by atoms with van der Waals surface area (Å²) >= 11 is 10.4. The van der Waals surface area contributed by atoms with Gasteiger partial charge in [0.05, 0.1) is 13.1 Å². The highest BCUT2D eigenvalue weighted by atomic mass is 35.5. The number of hydrazine groups is 2. The Morgan fingerprint density at radius 3 is 1.24 bits per heavy atom. The number of nitrogens with zero attached hydrogens (tertiary/aromatic N) is 2. The lowest BCUT2D eigenvalue weighted by Crippen LogP contribution is -2.56. The molecule has 0 radical (unpaired) electrons. The third-order valence-corrected chi connectivity index (χ3v) is 9.14. The first-order valence-corrected chi connectivity index (χ1v) is 20.2. The van der Waals surface area contributed by atoms with Crippen molar-refractivity contribution in [2.45, 2.75) is 76.7 Å². The second-order valence-corrected chi connectivity index (χ2v) is 15.6. The smallest absolute Gasteiger partial charge is 0.291 e. The van der Waals surface area contributed by atoms with Gasteiger partial charge in [-0.05, 0) is 48.9 Å².